The van der Waals surface area contributed by atoms with Crippen LogP contribution < -0.4 is 11.1 Å². The summed E-state index contributed by atoms with van der Waals surface area (Å²) in [6.45, 7) is 4.31. The minimum absolute atomic E-state index is 0.189. The van der Waals surface area contributed by atoms with Crippen molar-refractivity contribution in [1.29, 1.82) is 0 Å². The number of sulfonamides is 1. The molecule has 1 aromatic rings. The number of anilines is 1. The fraction of sp³-hybridized carbons (Fsp3) is 0.562. The van der Waals surface area contributed by atoms with Crippen molar-refractivity contribution in [3.05, 3.63) is 24.3 Å². The zero-order valence-corrected chi connectivity index (χ0v) is 15.1. The van der Waals surface area contributed by atoms with Gasteiger partial charge in [0, 0.05) is 31.9 Å². The van der Waals surface area contributed by atoms with Crippen molar-refractivity contribution in [1.82, 2.24) is 9.21 Å². The van der Waals surface area contributed by atoms with Gasteiger partial charge in [-0.25, -0.2) is 8.42 Å². The van der Waals surface area contributed by atoms with Crippen LogP contribution >= 0.6 is 0 Å². The van der Waals surface area contributed by atoms with Gasteiger partial charge in [0.25, 0.3) is 0 Å². The lowest BCUT2D eigenvalue weighted by Crippen LogP contribution is -2.47. The molecule has 0 radical (unpaired) electrons. The molecule has 1 aliphatic rings. The van der Waals surface area contributed by atoms with Gasteiger partial charge in [0.15, 0.2) is 0 Å². The van der Waals surface area contributed by atoms with Crippen LogP contribution in [-0.4, -0.2) is 62.8 Å². The number of carbonyl (C=O) groups excluding carboxylic acids is 1. The van der Waals surface area contributed by atoms with E-state index in [2.05, 4.69) is 10.2 Å². The highest BCUT2D eigenvalue weighted by atomic mass is 32.2. The monoisotopic (exact) mass is 354 g/mol. The third-order valence-electron chi connectivity index (χ3n) is 4.14. The second kappa shape index (κ2) is 8.06. The predicted octanol–water partition coefficient (Wildman–Crippen LogP) is 0.689. The quantitative estimate of drug-likeness (QED) is 0.783. The summed E-state index contributed by atoms with van der Waals surface area (Å²) in [6.07, 6.45) is 1.40. The van der Waals surface area contributed by atoms with Gasteiger partial charge in [0.2, 0.25) is 15.9 Å². The molecule has 1 heterocycles. The number of likely N-dealkylation sites (N-methyl/N-ethyl adjacent to an activating group) is 1. The average Bonchev–Trinajstić information content (AvgIpc) is 2.55. The van der Waals surface area contributed by atoms with Gasteiger partial charge in [-0.1, -0.05) is 19.4 Å². The SMILES string of the molecule is CCCC(N)C(=O)Nc1cccc(S(=O)(=O)N2CCN(C)CC2)c1. The molecular formula is C16H26N4O3S. The van der Waals surface area contributed by atoms with Crippen LogP contribution in [0.15, 0.2) is 29.2 Å². The highest BCUT2D eigenvalue weighted by Gasteiger charge is 2.27. The lowest BCUT2D eigenvalue weighted by atomic mass is 10.1. The van der Waals surface area contributed by atoms with Crippen molar-refractivity contribution in [3.63, 3.8) is 0 Å². The summed E-state index contributed by atoms with van der Waals surface area (Å²) in [6, 6.07) is 5.75. The van der Waals surface area contributed by atoms with Crippen LogP contribution in [0.4, 0.5) is 5.69 Å². The summed E-state index contributed by atoms with van der Waals surface area (Å²) >= 11 is 0. The topological polar surface area (TPSA) is 95.7 Å². The van der Waals surface area contributed by atoms with Crippen LogP contribution in [0.2, 0.25) is 0 Å². The first-order valence-corrected chi connectivity index (χ1v) is 9.64. The van der Waals surface area contributed by atoms with Crippen molar-refractivity contribution in [2.75, 3.05) is 38.5 Å². The fourth-order valence-electron chi connectivity index (χ4n) is 2.59. The van der Waals surface area contributed by atoms with E-state index in [9.17, 15) is 13.2 Å². The van der Waals surface area contributed by atoms with Crippen LogP contribution in [0.25, 0.3) is 0 Å². The number of hydrogen-bond donors (Lipinski definition) is 2. The van der Waals surface area contributed by atoms with Crippen molar-refractivity contribution >= 4 is 21.6 Å². The first kappa shape index (κ1) is 18.9. The van der Waals surface area contributed by atoms with Gasteiger partial charge in [-0.15, -0.1) is 0 Å². The van der Waals surface area contributed by atoms with Crippen LogP contribution in [0.1, 0.15) is 19.8 Å². The van der Waals surface area contributed by atoms with Crippen molar-refractivity contribution < 1.29 is 13.2 Å². The summed E-state index contributed by atoms with van der Waals surface area (Å²) in [5, 5.41) is 2.69. The average molecular weight is 354 g/mol. The number of hydrogen-bond acceptors (Lipinski definition) is 5. The molecule has 0 aliphatic carbocycles. The number of nitrogens with one attached hydrogen (secondary N) is 1. The van der Waals surface area contributed by atoms with Crippen molar-refractivity contribution in [3.8, 4) is 0 Å². The minimum Gasteiger partial charge on any atom is -0.325 e. The van der Waals surface area contributed by atoms with Crippen LogP contribution in [0.5, 0.6) is 0 Å². The van der Waals surface area contributed by atoms with E-state index in [1.165, 1.54) is 10.4 Å². The molecule has 0 aromatic heterocycles. The standard InChI is InChI=1S/C16H26N4O3S/c1-3-5-15(17)16(21)18-13-6-4-7-14(12-13)24(22,23)20-10-8-19(2)9-11-20/h4,6-7,12,15H,3,5,8-11,17H2,1-2H3,(H,18,21). The number of rotatable bonds is 6. The molecule has 7 nitrogen and oxygen atoms in total. The van der Waals surface area contributed by atoms with Crippen molar-refractivity contribution in [2.24, 2.45) is 5.73 Å². The van der Waals surface area contributed by atoms with Gasteiger partial charge in [0.05, 0.1) is 10.9 Å². The number of nitrogens with two attached hydrogens (primary N) is 1. The largest absolute Gasteiger partial charge is 0.325 e. The van der Waals surface area contributed by atoms with Crippen molar-refractivity contribution in [2.45, 2.75) is 30.7 Å². The molecule has 1 amide bonds. The fourth-order valence-corrected chi connectivity index (χ4v) is 4.06. The van der Waals surface area contributed by atoms with Gasteiger partial charge in [-0.2, -0.15) is 4.31 Å². The summed E-state index contributed by atoms with van der Waals surface area (Å²) < 4.78 is 27.0. The van der Waals surface area contributed by atoms with E-state index < -0.39 is 16.1 Å². The maximum absolute atomic E-state index is 12.7. The van der Waals surface area contributed by atoms with Gasteiger partial charge >= 0.3 is 0 Å². The Balaban J connectivity index is 2.13. The Morgan fingerprint density at radius 2 is 1.96 bits per heavy atom. The Bertz CT molecular complexity index is 670. The van der Waals surface area contributed by atoms with Crippen LogP contribution in [-0.2, 0) is 14.8 Å². The maximum Gasteiger partial charge on any atom is 0.243 e. The molecule has 8 heteroatoms. The van der Waals surface area contributed by atoms with Gasteiger partial charge in [-0.3, -0.25) is 4.79 Å². The predicted molar refractivity (Wildman–Crippen MR) is 94.2 cm³/mol. The molecule has 1 fully saturated rings. The Morgan fingerprint density at radius 1 is 1.29 bits per heavy atom. The second-order valence-corrected chi connectivity index (χ2v) is 8.06. The number of amides is 1. The summed E-state index contributed by atoms with van der Waals surface area (Å²) in [5.74, 6) is -0.300. The Kier molecular flexibility index (Phi) is 6.34. The lowest BCUT2D eigenvalue weighted by molar-refractivity contribution is -0.117. The van der Waals surface area contributed by atoms with E-state index in [1.807, 2.05) is 14.0 Å². The van der Waals surface area contributed by atoms with E-state index in [4.69, 9.17) is 5.73 Å². The molecule has 1 saturated heterocycles. The molecule has 2 rings (SSSR count). The summed E-state index contributed by atoms with van der Waals surface area (Å²) in [7, 11) is -1.58. The van der Waals surface area contributed by atoms with E-state index in [0.717, 1.165) is 6.42 Å². The molecule has 1 unspecified atom stereocenters. The first-order chi connectivity index (χ1) is 11.3. The van der Waals surface area contributed by atoms with Crippen LogP contribution in [0.3, 0.4) is 0 Å². The number of nitrogens with zero attached hydrogens (tertiary/aromatic N) is 2. The third kappa shape index (κ3) is 4.54. The van der Waals surface area contributed by atoms with Gasteiger partial charge < -0.3 is 16.0 Å². The van der Waals surface area contributed by atoms with E-state index in [-0.39, 0.29) is 10.8 Å². The zero-order valence-electron chi connectivity index (χ0n) is 14.2. The van der Waals surface area contributed by atoms with E-state index in [1.54, 1.807) is 18.2 Å². The highest BCUT2D eigenvalue weighted by Crippen LogP contribution is 2.21. The summed E-state index contributed by atoms with van der Waals surface area (Å²) in [4.78, 5) is 14.3. The molecule has 24 heavy (non-hydrogen) atoms. The molecule has 0 saturated carbocycles. The first-order valence-electron chi connectivity index (χ1n) is 8.20. The number of benzene rings is 1. The highest BCUT2D eigenvalue weighted by molar-refractivity contribution is 7.89. The Labute approximate surface area is 143 Å². The Morgan fingerprint density at radius 3 is 2.58 bits per heavy atom. The maximum atomic E-state index is 12.7. The van der Waals surface area contributed by atoms with E-state index >= 15 is 0 Å². The lowest BCUT2D eigenvalue weighted by Gasteiger charge is -2.31. The summed E-state index contributed by atoms with van der Waals surface area (Å²) in [5.41, 5.74) is 6.23. The second-order valence-electron chi connectivity index (χ2n) is 6.12. The van der Waals surface area contributed by atoms with Crippen LogP contribution in [0, 0.1) is 0 Å². The van der Waals surface area contributed by atoms with Gasteiger partial charge in [-0.05, 0) is 31.7 Å². The Hall–Kier alpha value is -1.48. The zero-order chi connectivity index (χ0) is 17.7. The minimum atomic E-state index is -3.55. The third-order valence-corrected chi connectivity index (χ3v) is 6.03. The molecule has 1 atom stereocenters. The molecule has 0 spiro atoms. The molecular weight excluding hydrogens is 328 g/mol. The van der Waals surface area contributed by atoms with Gasteiger partial charge in [0.1, 0.15) is 0 Å². The molecule has 134 valence electrons. The molecule has 1 aromatic carbocycles. The number of carbonyl (C=O) groups is 1. The smallest absolute Gasteiger partial charge is 0.243 e. The van der Waals surface area contributed by atoms with E-state index in [0.29, 0.717) is 38.3 Å². The number of piperazine rings is 1. The molecule has 3 N–H and O–H groups in total. The molecule has 0 bridgehead atoms. The normalized spacial score (nSPS) is 18.3. The molecule has 1 aliphatic heterocycles.